The van der Waals surface area contributed by atoms with Crippen LogP contribution < -0.4 is 5.73 Å². The number of likely N-dealkylation sites (tertiary alicyclic amines) is 1. The van der Waals surface area contributed by atoms with Crippen LogP contribution in [0.1, 0.15) is 60.5 Å². The Bertz CT molecular complexity index is 792. The van der Waals surface area contributed by atoms with Gasteiger partial charge in [0.15, 0.2) is 0 Å². The average Bonchev–Trinajstić information content (AvgIpc) is 3.17. The van der Waals surface area contributed by atoms with E-state index in [0.29, 0.717) is 30.5 Å². The quantitative estimate of drug-likeness (QED) is 0.907. The molecule has 2 aromatic heterocycles. The minimum Gasteiger partial charge on any atom is -0.335 e. The van der Waals surface area contributed by atoms with Gasteiger partial charge in [0.25, 0.3) is 11.9 Å². The molecule has 0 bridgehead atoms. The molecule has 2 unspecified atom stereocenters. The Labute approximate surface area is 154 Å². The van der Waals surface area contributed by atoms with Crippen molar-refractivity contribution in [2.75, 3.05) is 13.1 Å². The molecular formula is C19H28N6O. The van der Waals surface area contributed by atoms with Gasteiger partial charge >= 0.3 is 0 Å². The number of nitrogens with zero attached hydrogens (tertiary/aromatic N) is 5. The molecule has 2 N–H and O–H groups in total. The Hall–Kier alpha value is -2.28. The number of aromatic nitrogens is 4. The molecule has 1 saturated heterocycles. The molecule has 1 aliphatic rings. The lowest BCUT2D eigenvalue weighted by Crippen LogP contribution is -2.34. The highest BCUT2D eigenvalue weighted by molar-refractivity contribution is 5.95. The molecule has 26 heavy (non-hydrogen) atoms. The van der Waals surface area contributed by atoms with E-state index >= 15 is 0 Å². The lowest BCUT2D eigenvalue weighted by molar-refractivity contribution is 0.0742. The zero-order chi connectivity index (χ0) is 19.0. The first kappa shape index (κ1) is 18.5. The fourth-order valence-electron chi connectivity index (χ4n) is 3.64. The Balaban J connectivity index is 1.99. The van der Waals surface area contributed by atoms with Crippen LogP contribution in [-0.2, 0) is 0 Å². The number of nitrogens with two attached hydrogens (primary N) is 1. The van der Waals surface area contributed by atoms with Crippen LogP contribution in [0.25, 0.3) is 5.95 Å². The first-order valence-corrected chi connectivity index (χ1v) is 9.23. The molecule has 7 nitrogen and oxygen atoms in total. The molecule has 1 amide bonds. The third-order valence-corrected chi connectivity index (χ3v) is 4.95. The maximum absolute atomic E-state index is 13.2. The van der Waals surface area contributed by atoms with Gasteiger partial charge in [-0.1, -0.05) is 13.8 Å². The van der Waals surface area contributed by atoms with E-state index in [1.807, 2.05) is 38.7 Å². The molecule has 7 heteroatoms. The van der Waals surface area contributed by atoms with Gasteiger partial charge in [0, 0.05) is 30.2 Å². The molecule has 2 aromatic rings. The average molecular weight is 356 g/mol. The minimum atomic E-state index is 0.0211. The fourth-order valence-corrected chi connectivity index (χ4v) is 3.64. The van der Waals surface area contributed by atoms with E-state index in [4.69, 9.17) is 5.73 Å². The van der Waals surface area contributed by atoms with Crippen molar-refractivity contribution in [2.45, 2.75) is 53.0 Å². The predicted molar refractivity (Wildman–Crippen MR) is 100 cm³/mol. The molecule has 2 atom stereocenters. The SMILES string of the molecule is Cc1cc(C)nc(-n2cc(C(=O)N3CC(CN)CC3C)c(C(C)C)n2)n1. The van der Waals surface area contributed by atoms with Gasteiger partial charge in [-0.05, 0) is 51.6 Å². The summed E-state index contributed by atoms with van der Waals surface area (Å²) in [5, 5.41) is 4.64. The summed E-state index contributed by atoms with van der Waals surface area (Å²) in [5.74, 6) is 1.02. The van der Waals surface area contributed by atoms with Gasteiger partial charge in [-0.25, -0.2) is 14.6 Å². The van der Waals surface area contributed by atoms with Crippen LogP contribution >= 0.6 is 0 Å². The number of carbonyl (C=O) groups excluding carboxylic acids is 1. The standard InChI is InChI=1S/C19H28N6O/c1-11(2)17-16(18(26)24-9-15(8-20)7-14(24)5)10-25(23-17)19-21-12(3)6-13(4)22-19/h6,10-11,14-15H,7-9,20H2,1-5H3. The van der Waals surface area contributed by atoms with E-state index in [2.05, 4.69) is 22.0 Å². The van der Waals surface area contributed by atoms with E-state index in [1.165, 1.54) is 0 Å². The molecule has 1 aliphatic heterocycles. The van der Waals surface area contributed by atoms with Crippen molar-refractivity contribution in [3.05, 3.63) is 34.9 Å². The van der Waals surface area contributed by atoms with E-state index in [9.17, 15) is 4.79 Å². The first-order valence-electron chi connectivity index (χ1n) is 9.23. The van der Waals surface area contributed by atoms with E-state index in [-0.39, 0.29) is 17.9 Å². The highest BCUT2D eigenvalue weighted by Gasteiger charge is 2.34. The number of hydrogen-bond donors (Lipinski definition) is 1. The number of carbonyl (C=O) groups is 1. The highest BCUT2D eigenvalue weighted by Crippen LogP contribution is 2.27. The van der Waals surface area contributed by atoms with Crippen molar-refractivity contribution in [1.29, 1.82) is 0 Å². The molecule has 0 radical (unpaired) electrons. The second kappa shape index (κ2) is 7.15. The number of aryl methyl sites for hydroxylation is 2. The first-order chi connectivity index (χ1) is 12.3. The van der Waals surface area contributed by atoms with Crippen molar-refractivity contribution in [2.24, 2.45) is 11.7 Å². The normalized spacial score (nSPS) is 20.2. The van der Waals surface area contributed by atoms with Gasteiger partial charge in [0.2, 0.25) is 0 Å². The maximum Gasteiger partial charge on any atom is 0.257 e. The molecule has 0 saturated carbocycles. The Morgan fingerprint density at radius 3 is 2.50 bits per heavy atom. The summed E-state index contributed by atoms with van der Waals surface area (Å²) in [5.41, 5.74) is 8.97. The van der Waals surface area contributed by atoms with Crippen molar-refractivity contribution in [3.63, 3.8) is 0 Å². The van der Waals surface area contributed by atoms with Crippen molar-refractivity contribution in [1.82, 2.24) is 24.6 Å². The van der Waals surface area contributed by atoms with Crippen LogP contribution in [0.15, 0.2) is 12.3 Å². The second-order valence-corrected chi connectivity index (χ2v) is 7.62. The highest BCUT2D eigenvalue weighted by atomic mass is 16.2. The van der Waals surface area contributed by atoms with Gasteiger partial charge in [-0.2, -0.15) is 5.10 Å². The van der Waals surface area contributed by atoms with E-state index < -0.39 is 0 Å². The van der Waals surface area contributed by atoms with Crippen molar-refractivity contribution < 1.29 is 4.79 Å². The molecule has 0 aliphatic carbocycles. The monoisotopic (exact) mass is 356 g/mol. The topological polar surface area (TPSA) is 89.9 Å². The zero-order valence-corrected chi connectivity index (χ0v) is 16.2. The lowest BCUT2D eigenvalue weighted by Gasteiger charge is -2.21. The fraction of sp³-hybridized carbons (Fsp3) is 0.579. The Morgan fingerprint density at radius 1 is 1.31 bits per heavy atom. The smallest absolute Gasteiger partial charge is 0.257 e. The van der Waals surface area contributed by atoms with E-state index in [1.54, 1.807) is 10.9 Å². The molecule has 3 heterocycles. The molecule has 140 valence electrons. The molecule has 3 rings (SSSR count). The number of hydrogen-bond acceptors (Lipinski definition) is 5. The van der Waals surface area contributed by atoms with Crippen LogP contribution in [0.4, 0.5) is 0 Å². The summed E-state index contributed by atoms with van der Waals surface area (Å²) >= 11 is 0. The maximum atomic E-state index is 13.2. The zero-order valence-electron chi connectivity index (χ0n) is 16.2. The van der Waals surface area contributed by atoms with Gasteiger partial charge in [-0.3, -0.25) is 4.79 Å². The summed E-state index contributed by atoms with van der Waals surface area (Å²) in [6.45, 7) is 11.3. The predicted octanol–water partition coefficient (Wildman–Crippen LogP) is 2.21. The second-order valence-electron chi connectivity index (χ2n) is 7.62. The van der Waals surface area contributed by atoms with Gasteiger partial charge in [-0.15, -0.1) is 0 Å². The summed E-state index contributed by atoms with van der Waals surface area (Å²) in [6.07, 6.45) is 2.72. The molecule has 0 aromatic carbocycles. The largest absolute Gasteiger partial charge is 0.335 e. The Morgan fingerprint density at radius 2 is 1.96 bits per heavy atom. The molecule has 0 spiro atoms. The van der Waals surface area contributed by atoms with Crippen LogP contribution in [0.5, 0.6) is 0 Å². The molecule has 1 fully saturated rings. The third kappa shape index (κ3) is 3.49. The van der Waals surface area contributed by atoms with Gasteiger partial charge in [0.05, 0.1) is 11.3 Å². The summed E-state index contributed by atoms with van der Waals surface area (Å²) in [6, 6.07) is 2.11. The minimum absolute atomic E-state index is 0.0211. The van der Waals surface area contributed by atoms with Crippen LogP contribution in [0.3, 0.4) is 0 Å². The number of amides is 1. The summed E-state index contributed by atoms with van der Waals surface area (Å²) in [4.78, 5) is 24.1. The van der Waals surface area contributed by atoms with Crippen LogP contribution in [0.2, 0.25) is 0 Å². The van der Waals surface area contributed by atoms with Crippen LogP contribution in [0, 0.1) is 19.8 Å². The van der Waals surface area contributed by atoms with Gasteiger partial charge < -0.3 is 10.6 Å². The number of rotatable bonds is 4. The van der Waals surface area contributed by atoms with Crippen LogP contribution in [-0.4, -0.2) is 49.7 Å². The van der Waals surface area contributed by atoms with Crippen molar-refractivity contribution >= 4 is 5.91 Å². The third-order valence-electron chi connectivity index (χ3n) is 4.95. The molecular weight excluding hydrogens is 328 g/mol. The van der Waals surface area contributed by atoms with Crippen molar-refractivity contribution in [3.8, 4) is 5.95 Å². The van der Waals surface area contributed by atoms with Gasteiger partial charge in [0.1, 0.15) is 0 Å². The Kier molecular flexibility index (Phi) is 5.09. The van der Waals surface area contributed by atoms with E-state index in [0.717, 1.165) is 23.5 Å². The lowest BCUT2D eigenvalue weighted by atomic mass is 10.1. The summed E-state index contributed by atoms with van der Waals surface area (Å²) in [7, 11) is 0. The summed E-state index contributed by atoms with van der Waals surface area (Å²) < 4.78 is 1.63.